The molecule has 0 bridgehead atoms. The van der Waals surface area contributed by atoms with Crippen LogP contribution in [0.4, 0.5) is 4.39 Å². The standard InChI is InChI=1S/C20H19FN4OS/c21-18-9-2-1-8-17(18)19-14-27-20(23-13-16-7-5-11-26-16)25(19)24-12-15-6-3-4-10-22-15/h1-4,6,8-10,12,14,16H,5,7,11,13H2/b23-20?,24-12-/t16-/m0/s1. The number of hydrogen-bond donors (Lipinski definition) is 0. The summed E-state index contributed by atoms with van der Waals surface area (Å²) in [6.07, 6.45) is 5.61. The van der Waals surface area contributed by atoms with E-state index in [1.54, 1.807) is 29.2 Å². The highest BCUT2D eigenvalue weighted by molar-refractivity contribution is 7.07. The van der Waals surface area contributed by atoms with E-state index in [4.69, 9.17) is 4.74 Å². The maximum absolute atomic E-state index is 14.3. The third kappa shape index (κ3) is 4.20. The Balaban J connectivity index is 1.74. The minimum absolute atomic E-state index is 0.150. The fourth-order valence-electron chi connectivity index (χ4n) is 2.91. The number of ether oxygens (including phenoxy) is 1. The van der Waals surface area contributed by atoms with Gasteiger partial charge < -0.3 is 4.74 Å². The lowest BCUT2D eigenvalue weighted by Gasteiger charge is -2.06. The molecule has 0 amide bonds. The second-order valence-electron chi connectivity index (χ2n) is 6.17. The molecule has 1 aromatic carbocycles. The second-order valence-corrected chi connectivity index (χ2v) is 7.01. The van der Waals surface area contributed by atoms with Gasteiger partial charge in [-0.3, -0.25) is 9.98 Å². The average molecular weight is 382 g/mol. The summed E-state index contributed by atoms with van der Waals surface area (Å²) in [5.41, 5.74) is 1.88. The summed E-state index contributed by atoms with van der Waals surface area (Å²) in [4.78, 5) is 9.63. The molecule has 4 rings (SSSR count). The highest BCUT2D eigenvalue weighted by Gasteiger charge is 2.15. The Hall–Kier alpha value is -2.64. The number of pyridine rings is 1. The summed E-state index contributed by atoms with van der Waals surface area (Å²) < 4.78 is 21.7. The van der Waals surface area contributed by atoms with Gasteiger partial charge in [-0.05, 0) is 37.1 Å². The van der Waals surface area contributed by atoms with Gasteiger partial charge in [0.2, 0.25) is 4.80 Å². The summed E-state index contributed by atoms with van der Waals surface area (Å²) >= 11 is 1.44. The largest absolute Gasteiger partial charge is 0.376 e. The van der Waals surface area contributed by atoms with E-state index in [1.807, 2.05) is 29.6 Å². The molecule has 0 N–H and O–H groups in total. The molecular weight excluding hydrogens is 363 g/mol. The summed E-state index contributed by atoms with van der Waals surface area (Å²) in [5.74, 6) is -0.289. The molecule has 7 heteroatoms. The molecule has 2 aromatic heterocycles. The van der Waals surface area contributed by atoms with Crippen molar-refractivity contribution in [2.45, 2.75) is 18.9 Å². The number of nitrogens with zero attached hydrogens (tertiary/aromatic N) is 4. The van der Waals surface area contributed by atoms with Gasteiger partial charge in [-0.2, -0.15) is 5.10 Å². The van der Waals surface area contributed by atoms with Gasteiger partial charge in [0.15, 0.2) is 0 Å². The molecule has 0 spiro atoms. The van der Waals surface area contributed by atoms with Crippen molar-refractivity contribution in [1.29, 1.82) is 0 Å². The number of aromatic nitrogens is 2. The van der Waals surface area contributed by atoms with Gasteiger partial charge >= 0.3 is 0 Å². The van der Waals surface area contributed by atoms with Crippen molar-refractivity contribution in [2.75, 3.05) is 13.2 Å². The van der Waals surface area contributed by atoms with Crippen molar-refractivity contribution in [1.82, 2.24) is 9.66 Å². The summed E-state index contributed by atoms with van der Waals surface area (Å²) in [7, 11) is 0. The number of hydrogen-bond acceptors (Lipinski definition) is 5. The van der Waals surface area contributed by atoms with Crippen LogP contribution < -0.4 is 4.80 Å². The van der Waals surface area contributed by atoms with Crippen molar-refractivity contribution < 1.29 is 9.13 Å². The van der Waals surface area contributed by atoms with Crippen molar-refractivity contribution in [3.63, 3.8) is 0 Å². The van der Waals surface area contributed by atoms with Crippen LogP contribution in [0.1, 0.15) is 18.5 Å². The van der Waals surface area contributed by atoms with Crippen molar-refractivity contribution in [3.05, 3.63) is 70.4 Å². The Morgan fingerprint density at radius 3 is 2.93 bits per heavy atom. The van der Waals surface area contributed by atoms with E-state index in [9.17, 15) is 4.39 Å². The summed E-state index contributed by atoms with van der Waals surface area (Å²) in [6, 6.07) is 12.3. The lowest BCUT2D eigenvalue weighted by atomic mass is 10.1. The van der Waals surface area contributed by atoms with E-state index in [0.29, 0.717) is 22.6 Å². The Kier molecular flexibility index (Phi) is 5.50. The molecule has 0 unspecified atom stereocenters. The second kappa shape index (κ2) is 8.37. The molecule has 1 saturated heterocycles. The molecule has 1 aliphatic heterocycles. The van der Waals surface area contributed by atoms with E-state index in [1.165, 1.54) is 17.4 Å². The fourth-order valence-corrected chi connectivity index (χ4v) is 3.75. The van der Waals surface area contributed by atoms with Crippen LogP contribution in [0.2, 0.25) is 0 Å². The van der Waals surface area contributed by atoms with Gasteiger partial charge in [-0.25, -0.2) is 9.07 Å². The molecule has 1 fully saturated rings. The molecule has 5 nitrogen and oxygen atoms in total. The number of halogens is 1. The lowest BCUT2D eigenvalue weighted by molar-refractivity contribution is 0.117. The molecule has 0 saturated carbocycles. The third-order valence-corrected chi connectivity index (χ3v) is 5.14. The summed E-state index contributed by atoms with van der Waals surface area (Å²) in [5, 5.41) is 6.41. The molecule has 0 aliphatic carbocycles. The highest BCUT2D eigenvalue weighted by Crippen LogP contribution is 2.23. The van der Waals surface area contributed by atoms with Crippen LogP contribution in [0, 0.1) is 5.82 Å². The van der Waals surface area contributed by atoms with E-state index in [-0.39, 0.29) is 11.9 Å². The normalized spacial score (nSPS) is 17.8. The van der Waals surface area contributed by atoms with E-state index in [0.717, 1.165) is 25.1 Å². The predicted octanol–water partition coefficient (Wildman–Crippen LogP) is 3.71. The maximum Gasteiger partial charge on any atom is 0.206 e. The van der Waals surface area contributed by atoms with Crippen molar-refractivity contribution in [3.8, 4) is 11.3 Å². The first kappa shape index (κ1) is 17.8. The van der Waals surface area contributed by atoms with Crippen molar-refractivity contribution >= 4 is 17.6 Å². The molecule has 1 aliphatic rings. The first-order valence-corrected chi connectivity index (χ1v) is 9.72. The number of rotatable bonds is 5. The maximum atomic E-state index is 14.3. The molecule has 3 heterocycles. The third-order valence-electron chi connectivity index (χ3n) is 4.28. The Labute approximate surface area is 160 Å². The minimum atomic E-state index is -0.289. The quantitative estimate of drug-likeness (QED) is 0.632. The van der Waals surface area contributed by atoms with Gasteiger partial charge in [0.1, 0.15) is 5.82 Å². The molecule has 138 valence electrons. The molecule has 0 radical (unpaired) electrons. The van der Waals surface area contributed by atoms with Crippen LogP contribution in [0.25, 0.3) is 11.3 Å². The van der Waals surface area contributed by atoms with Gasteiger partial charge in [0.05, 0.1) is 30.3 Å². The zero-order chi connectivity index (χ0) is 18.5. The van der Waals surface area contributed by atoms with Crippen LogP contribution >= 0.6 is 11.3 Å². The molecular formula is C20H19FN4OS. The fraction of sp³-hybridized carbons (Fsp3) is 0.250. The smallest absolute Gasteiger partial charge is 0.206 e. The minimum Gasteiger partial charge on any atom is -0.376 e. The first-order chi connectivity index (χ1) is 13.3. The van der Waals surface area contributed by atoms with Crippen LogP contribution in [-0.4, -0.2) is 35.1 Å². The van der Waals surface area contributed by atoms with Gasteiger partial charge in [-0.15, -0.1) is 11.3 Å². The zero-order valence-electron chi connectivity index (χ0n) is 14.7. The van der Waals surface area contributed by atoms with E-state index in [2.05, 4.69) is 15.1 Å². The van der Waals surface area contributed by atoms with Crippen molar-refractivity contribution in [2.24, 2.45) is 10.1 Å². The Morgan fingerprint density at radius 2 is 2.15 bits per heavy atom. The van der Waals surface area contributed by atoms with Gasteiger partial charge in [0.25, 0.3) is 0 Å². The van der Waals surface area contributed by atoms with Crippen LogP contribution in [0.15, 0.2) is 64.1 Å². The number of thiazole rings is 1. The zero-order valence-corrected chi connectivity index (χ0v) is 15.5. The lowest BCUT2D eigenvalue weighted by Crippen LogP contribution is -2.17. The predicted molar refractivity (Wildman–Crippen MR) is 104 cm³/mol. The van der Waals surface area contributed by atoms with Gasteiger partial charge in [-0.1, -0.05) is 18.2 Å². The Bertz CT molecular complexity index is 990. The number of benzene rings is 1. The average Bonchev–Trinajstić information content (AvgIpc) is 3.36. The molecule has 3 aromatic rings. The first-order valence-electron chi connectivity index (χ1n) is 8.84. The topological polar surface area (TPSA) is 51.8 Å². The van der Waals surface area contributed by atoms with Crippen LogP contribution in [-0.2, 0) is 4.74 Å². The highest BCUT2D eigenvalue weighted by atomic mass is 32.1. The summed E-state index contributed by atoms with van der Waals surface area (Å²) in [6.45, 7) is 1.37. The monoisotopic (exact) mass is 382 g/mol. The Morgan fingerprint density at radius 1 is 1.26 bits per heavy atom. The van der Waals surface area contributed by atoms with Crippen LogP contribution in [0.3, 0.4) is 0 Å². The SMILES string of the molecule is Fc1ccccc1-c1csc(=NC[C@@H]2CCCO2)n1/N=C\c1ccccn1. The van der Waals surface area contributed by atoms with E-state index < -0.39 is 0 Å². The molecule has 27 heavy (non-hydrogen) atoms. The van der Waals surface area contributed by atoms with Crippen LogP contribution in [0.5, 0.6) is 0 Å². The molecule has 1 atom stereocenters. The van der Waals surface area contributed by atoms with E-state index >= 15 is 0 Å². The van der Waals surface area contributed by atoms with Gasteiger partial charge in [0, 0.05) is 23.7 Å².